The standard InChI is InChI=1S/C28H40FN/c1-2-3-5-10-24-15-19-26(20-16-24)12-8-9-13-27-21-17-25(18-22-27)11-6-4-7-14-28(29)23-30/h4,7,14-16,19-20,25,27H,2-3,5-6,8-13,17-18,21-22H2,1H3/b7-4+,28-14-/t25-,27-. The van der Waals surface area contributed by atoms with Gasteiger partial charge in [-0.15, -0.1) is 0 Å². The third-order valence-electron chi connectivity index (χ3n) is 6.61. The molecule has 1 aromatic carbocycles. The van der Waals surface area contributed by atoms with Gasteiger partial charge in [-0.05, 0) is 67.6 Å². The molecule has 1 saturated carbocycles. The van der Waals surface area contributed by atoms with Gasteiger partial charge in [0.2, 0.25) is 0 Å². The Morgan fingerprint density at radius 1 is 0.933 bits per heavy atom. The van der Waals surface area contributed by atoms with E-state index in [9.17, 15) is 4.39 Å². The van der Waals surface area contributed by atoms with Crippen LogP contribution < -0.4 is 0 Å². The third-order valence-corrected chi connectivity index (χ3v) is 6.61. The molecule has 0 aromatic heterocycles. The minimum absolute atomic E-state index is 0.716. The molecule has 1 aromatic rings. The third kappa shape index (κ3) is 10.2. The van der Waals surface area contributed by atoms with Crippen molar-refractivity contribution in [2.24, 2.45) is 11.8 Å². The molecule has 1 aliphatic rings. The summed E-state index contributed by atoms with van der Waals surface area (Å²) in [6.07, 6.45) is 23.0. The molecule has 0 amide bonds. The van der Waals surface area contributed by atoms with Crippen LogP contribution in [0.5, 0.6) is 0 Å². The number of benzene rings is 1. The van der Waals surface area contributed by atoms with Crippen LogP contribution in [0, 0.1) is 23.2 Å². The van der Waals surface area contributed by atoms with Gasteiger partial charge in [0.15, 0.2) is 5.83 Å². The Balaban J connectivity index is 1.52. The molecule has 30 heavy (non-hydrogen) atoms. The van der Waals surface area contributed by atoms with Crippen LogP contribution in [-0.2, 0) is 12.8 Å². The highest BCUT2D eigenvalue weighted by Crippen LogP contribution is 2.34. The minimum atomic E-state index is -0.716. The summed E-state index contributed by atoms with van der Waals surface area (Å²) in [7, 11) is 0. The van der Waals surface area contributed by atoms with Crippen molar-refractivity contribution in [2.45, 2.75) is 96.8 Å². The van der Waals surface area contributed by atoms with Crippen molar-refractivity contribution < 1.29 is 4.39 Å². The van der Waals surface area contributed by atoms with Crippen LogP contribution in [0.25, 0.3) is 0 Å². The summed E-state index contributed by atoms with van der Waals surface area (Å²) in [5.74, 6) is 1.03. The molecular weight excluding hydrogens is 369 g/mol. The van der Waals surface area contributed by atoms with Crippen molar-refractivity contribution in [3.63, 3.8) is 0 Å². The number of hydrogen-bond donors (Lipinski definition) is 0. The van der Waals surface area contributed by atoms with Crippen molar-refractivity contribution >= 4 is 0 Å². The zero-order valence-corrected chi connectivity index (χ0v) is 18.9. The van der Waals surface area contributed by atoms with E-state index < -0.39 is 5.83 Å². The van der Waals surface area contributed by atoms with E-state index in [1.54, 1.807) is 6.08 Å². The minimum Gasteiger partial charge on any atom is -0.195 e. The average Bonchev–Trinajstić information content (AvgIpc) is 2.78. The number of rotatable bonds is 13. The first-order valence-electron chi connectivity index (χ1n) is 12.2. The summed E-state index contributed by atoms with van der Waals surface area (Å²) in [5.41, 5.74) is 2.99. The monoisotopic (exact) mass is 409 g/mol. The molecule has 1 aliphatic carbocycles. The maximum atomic E-state index is 12.7. The molecule has 0 spiro atoms. The van der Waals surface area contributed by atoms with Crippen LogP contribution in [0.3, 0.4) is 0 Å². The first kappa shape index (κ1) is 24.4. The molecule has 164 valence electrons. The lowest BCUT2D eigenvalue weighted by atomic mass is 9.78. The number of aryl methyl sites for hydroxylation is 2. The number of halogens is 1. The number of nitrogens with zero attached hydrogens (tertiary/aromatic N) is 1. The number of unbranched alkanes of at least 4 members (excludes halogenated alkanes) is 3. The van der Waals surface area contributed by atoms with Crippen LogP contribution in [0.4, 0.5) is 4.39 Å². The van der Waals surface area contributed by atoms with E-state index in [2.05, 4.69) is 31.2 Å². The summed E-state index contributed by atoms with van der Waals surface area (Å²) in [6.45, 7) is 2.26. The second kappa shape index (κ2) is 15.0. The van der Waals surface area contributed by atoms with Crippen LogP contribution >= 0.6 is 0 Å². The molecule has 0 aliphatic heterocycles. The summed E-state index contributed by atoms with van der Waals surface area (Å²) in [6, 6.07) is 10.8. The molecule has 2 heteroatoms. The Morgan fingerprint density at radius 3 is 2.07 bits per heavy atom. The molecule has 0 bridgehead atoms. The van der Waals surface area contributed by atoms with E-state index >= 15 is 0 Å². The fourth-order valence-corrected chi connectivity index (χ4v) is 4.64. The molecule has 0 unspecified atom stereocenters. The first-order valence-corrected chi connectivity index (χ1v) is 12.2. The van der Waals surface area contributed by atoms with Gasteiger partial charge in [0.25, 0.3) is 0 Å². The molecule has 1 nitrogen and oxygen atoms in total. The summed E-state index contributed by atoms with van der Waals surface area (Å²) in [5, 5.41) is 8.37. The molecule has 2 rings (SSSR count). The van der Waals surface area contributed by atoms with Crippen molar-refractivity contribution in [3.8, 4) is 6.07 Å². The Kier molecular flexibility index (Phi) is 12.2. The lowest BCUT2D eigenvalue weighted by Gasteiger charge is -2.28. The number of hydrogen-bond acceptors (Lipinski definition) is 1. The van der Waals surface area contributed by atoms with Crippen molar-refractivity contribution in [1.29, 1.82) is 5.26 Å². The maximum Gasteiger partial charge on any atom is 0.199 e. The van der Waals surface area contributed by atoms with E-state index in [-0.39, 0.29) is 0 Å². The Bertz CT molecular complexity index is 672. The highest BCUT2D eigenvalue weighted by molar-refractivity contribution is 5.22. The van der Waals surface area contributed by atoms with Gasteiger partial charge < -0.3 is 0 Å². The van der Waals surface area contributed by atoms with Crippen LogP contribution in [0.1, 0.15) is 95.1 Å². The highest BCUT2D eigenvalue weighted by Gasteiger charge is 2.20. The topological polar surface area (TPSA) is 23.8 Å². The normalized spacial score (nSPS) is 19.8. The summed E-state index contributed by atoms with van der Waals surface area (Å²) < 4.78 is 12.7. The van der Waals surface area contributed by atoms with Gasteiger partial charge in [0.05, 0.1) is 0 Å². The second-order valence-corrected chi connectivity index (χ2v) is 9.04. The predicted octanol–water partition coefficient (Wildman–Crippen LogP) is 8.65. The van der Waals surface area contributed by atoms with Crippen molar-refractivity contribution in [1.82, 2.24) is 0 Å². The molecule has 0 atom stereocenters. The number of nitriles is 1. The maximum absolute atomic E-state index is 12.7. The summed E-state index contributed by atoms with van der Waals surface area (Å²) in [4.78, 5) is 0. The lowest BCUT2D eigenvalue weighted by Crippen LogP contribution is -2.14. The predicted molar refractivity (Wildman–Crippen MR) is 126 cm³/mol. The van der Waals surface area contributed by atoms with E-state index in [0.717, 1.165) is 18.3 Å². The van der Waals surface area contributed by atoms with Crippen LogP contribution in [0.2, 0.25) is 0 Å². The zero-order chi connectivity index (χ0) is 21.4. The van der Waals surface area contributed by atoms with E-state index in [1.165, 1.54) is 107 Å². The van der Waals surface area contributed by atoms with Gasteiger partial charge in [-0.1, -0.05) is 94.7 Å². The molecule has 0 heterocycles. The first-order chi connectivity index (χ1) is 14.7. The SMILES string of the molecule is CCCCCc1ccc(CCCC[C@H]2CC[C@H](CC/C=C/C=C(\F)C#N)CC2)cc1. The van der Waals surface area contributed by atoms with E-state index in [0.29, 0.717) is 0 Å². The average molecular weight is 410 g/mol. The van der Waals surface area contributed by atoms with E-state index in [1.807, 2.05) is 6.08 Å². The quantitative estimate of drug-likeness (QED) is 0.182. The van der Waals surface area contributed by atoms with Gasteiger partial charge in [-0.25, -0.2) is 0 Å². The largest absolute Gasteiger partial charge is 0.199 e. The Hall–Kier alpha value is -1.88. The van der Waals surface area contributed by atoms with Gasteiger partial charge in [-0.2, -0.15) is 9.65 Å². The van der Waals surface area contributed by atoms with Gasteiger partial charge in [0.1, 0.15) is 6.07 Å². The fraction of sp³-hybridized carbons (Fsp3) is 0.607. The fourth-order valence-electron chi connectivity index (χ4n) is 4.64. The Labute approximate surface area is 184 Å². The van der Waals surface area contributed by atoms with Crippen molar-refractivity contribution in [3.05, 3.63) is 59.4 Å². The number of allylic oxidation sites excluding steroid dienone is 4. The van der Waals surface area contributed by atoms with Gasteiger partial charge >= 0.3 is 0 Å². The lowest BCUT2D eigenvalue weighted by molar-refractivity contribution is 0.250. The second-order valence-electron chi connectivity index (χ2n) is 9.04. The molecule has 0 radical (unpaired) electrons. The van der Waals surface area contributed by atoms with E-state index in [4.69, 9.17) is 5.26 Å². The smallest absolute Gasteiger partial charge is 0.195 e. The molecular formula is C28H40FN. The van der Waals surface area contributed by atoms with Crippen LogP contribution in [-0.4, -0.2) is 0 Å². The van der Waals surface area contributed by atoms with Gasteiger partial charge in [-0.3, -0.25) is 0 Å². The molecule has 0 N–H and O–H groups in total. The van der Waals surface area contributed by atoms with Crippen LogP contribution in [0.15, 0.2) is 48.3 Å². The van der Waals surface area contributed by atoms with Gasteiger partial charge in [0, 0.05) is 0 Å². The molecule has 0 saturated heterocycles. The zero-order valence-electron chi connectivity index (χ0n) is 18.9. The molecule has 1 fully saturated rings. The van der Waals surface area contributed by atoms with Crippen molar-refractivity contribution in [2.75, 3.05) is 0 Å². The summed E-state index contributed by atoms with van der Waals surface area (Å²) >= 11 is 0. The Morgan fingerprint density at radius 2 is 1.50 bits per heavy atom. The highest BCUT2D eigenvalue weighted by atomic mass is 19.1.